The summed E-state index contributed by atoms with van der Waals surface area (Å²) in [7, 11) is 0. The van der Waals surface area contributed by atoms with Crippen molar-refractivity contribution in [2.45, 2.75) is 19.1 Å². The molecule has 1 heterocycles. The van der Waals surface area contributed by atoms with Crippen molar-refractivity contribution in [3.63, 3.8) is 0 Å². The normalized spacial score (nSPS) is 21.2. The predicted octanol–water partition coefficient (Wildman–Crippen LogP) is 2.06. The van der Waals surface area contributed by atoms with Gasteiger partial charge in [0.1, 0.15) is 5.82 Å². The molecule has 2 rings (SSSR count). The van der Waals surface area contributed by atoms with Crippen LogP contribution in [-0.4, -0.2) is 42.4 Å². The Morgan fingerprint density at radius 1 is 1.44 bits per heavy atom. The van der Waals surface area contributed by atoms with E-state index < -0.39 is 0 Å². The maximum absolute atomic E-state index is 13.2. The van der Waals surface area contributed by atoms with Crippen molar-refractivity contribution >= 4 is 11.6 Å². The Kier molecular flexibility index (Phi) is 4.95. The number of halogens is 2. The van der Waals surface area contributed by atoms with Gasteiger partial charge in [-0.1, -0.05) is 11.6 Å². The zero-order valence-electron chi connectivity index (χ0n) is 10.1. The van der Waals surface area contributed by atoms with Crippen LogP contribution in [0, 0.1) is 5.82 Å². The van der Waals surface area contributed by atoms with Crippen LogP contribution in [0.4, 0.5) is 4.39 Å². The maximum Gasteiger partial charge on any atom is 0.125 e. The minimum atomic E-state index is -0.308. The lowest BCUT2D eigenvalue weighted by atomic mass is 10.1. The summed E-state index contributed by atoms with van der Waals surface area (Å²) < 4.78 is 18.8. The van der Waals surface area contributed by atoms with Gasteiger partial charge in [-0.3, -0.25) is 4.90 Å². The van der Waals surface area contributed by atoms with Gasteiger partial charge in [0.2, 0.25) is 0 Å². The van der Waals surface area contributed by atoms with Crippen LogP contribution in [0.3, 0.4) is 0 Å². The highest BCUT2D eigenvalue weighted by Crippen LogP contribution is 2.17. The molecule has 100 valence electrons. The third-order valence-electron chi connectivity index (χ3n) is 3.00. The van der Waals surface area contributed by atoms with Crippen LogP contribution in [-0.2, 0) is 11.3 Å². The van der Waals surface area contributed by atoms with Gasteiger partial charge in [-0.25, -0.2) is 4.39 Å². The van der Waals surface area contributed by atoms with E-state index in [9.17, 15) is 4.39 Å². The standard InChI is InChI=1S/C13H17ClFNO2/c14-11-5-10(6-12(15)7-11)8-16-2-4-18-13(9-16)1-3-17/h5-7,13,17H,1-4,8-9H2/t13-/m0/s1. The zero-order chi connectivity index (χ0) is 13.0. The molecule has 1 N–H and O–H groups in total. The molecule has 0 bridgehead atoms. The van der Waals surface area contributed by atoms with Crippen molar-refractivity contribution in [1.82, 2.24) is 4.90 Å². The molecule has 0 aliphatic carbocycles. The first-order valence-corrected chi connectivity index (χ1v) is 6.45. The van der Waals surface area contributed by atoms with Crippen molar-refractivity contribution in [2.75, 3.05) is 26.3 Å². The summed E-state index contributed by atoms with van der Waals surface area (Å²) >= 11 is 5.83. The van der Waals surface area contributed by atoms with Gasteiger partial charge in [0.25, 0.3) is 0 Å². The Bertz CT molecular complexity index is 380. The van der Waals surface area contributed by atoms with Gasteiger partial charge in [-0.05, 0) is 30.2 Å². The van der Waals surface area contributed by atoms with Crippen molar-refractivity contribution in [3.8, 4) is 0 Å². The molecule has 0 amide bonds. The molecule has 1 aliphatic rings. The average molecular weight is 274 g/mol. The quantitative estimate of drug-likeness (QED) is 0.912. The van der Waals surface area contributed by atoms with Crippen LogP contribution in [0.5, 0.6) is 0 Å². The first kappa shape index (κ1) is 13.7. The second-order valence-corrected chi connectivity index (χ2v) is 4.95. The van der Waals surface area contributed by atoms with Gasteiger partial charge in [-0.2, -0.15) is 0 Å². The van der Waals surface area contributed by atoms with Gasteiger partial charge in [0.05, 0.1) is 12.7 Å². The van der Waals surface area contributed by atoms with Crippen molar-refractivity contribution < 1.29 is 14.2 Å². The molecule has 0 saturated carbocycles. The fourth-order valence-electron chi connectivity index (χ4n) is 2.20. The van der Waals surface area contributed by atoms with Gasteiger partial charge in [-0.15, -0.1) is 0 Å². The van der Waals surface area contributed by atoms with E-state index in [1.807, 2.05) is 0 Å². The maximum atomic E-state index is 13.2. The number of morpholine rings is 1. The molecule has 3 nitrogen and oxygen atoms in total. The Balaban J connectivity index is 1.95. The summed E-state index contributed by atoms with van der Waals surface area (Å²) in [5, 5.41) is 9.32. The topological polar surface area (TPSA) is 32.7 Å². The highest BCUT2D eigenvalue weighted by Gasteiger charge is 2.20. The fraction of sp³-hybridized carbons (Fsp3) is 0.538. The average Bonchev–Trinajstić information content (AvgIpc) is 2.28. The highest BCUT2D eigenvalue weighted by molar-refractivity contribution is 6.30. The van der Waals surface area contributed by atoms with Gasteiger partial charge >= 0.3 is 0 Å². The molecule has 1 saturated heterocycles. The molecule has 1 atom stereocenters. The first-order chi connectivity index (χ1) is 8.67. The summed E-state index contributed by atoms with van der Waals surface area (Å²) in [6, 6.07) is 4.59. The number of ether oxygens (including phenoxy) is 1. The number of benzene rings is 1. The second-order valence-electron chi connectivity index (χ2n) is 4.52. The molecule has 18 heavy (non-hydrogen) atoms. The summed E-state index contributed by atoms with van der Waals surface area (Å²) in [6.45, 7) is 3.01. The zero-order valence-corrected chi connectivity index (χ0v) is 10.9. The number of hydrogen-bond acceptors (Lipinski definition) is 3. The van der Waals surface area contributed by atoms with Crippen molar-refractivity contribution in [3.05, 3.63) is 34.6 Å². The SMILES string of the molecule is OCC[C@H]1CN(Cc2cc(F)cc(Cl)c2)CCO1. The molecule has 1 aliphatic heterocycles. The minimum absolute atomic E-state index is 0.0628. The van der Waals surface area contributed by atoms with E-state index >= 15 is 0 Å². The van der Waals surface area contributed by atoms with Gasteiger partial charge < -0.3 is 9.84 Å². The predicted molar refractivity (Wildman–Crippen MR) is 68.1 cm³/mol. The van der Waals surface area contributed by atoms with Gasteiger partial charge in [0.15, 0.2) is 0 Å². The molecule has 1 aromatic rings. The highest BCUT2D eigenvalue weighted by atomic mass is 35.5. The smallest absolute Gasteiger partial charge is 0.125 e. The molecular weight excluding hydrogens is 257 g/mol. The summed E-state index contributed by atoms with van der Waals surface area (Å²) in [4.78, 5) is 2.19. The molecule has 1 aromatic carbocycles. The lowest BCUT2D eigenvalue weighted by Gasteiger charge is -2.32. The van der Waals surface area contributed by atoms with E-state index in [1.54, 1.807) is 6.07 Å². The molecule has 0 spiro atoms. The number of nitrogens with zero attached hydrogens (tertiary/aromatic N) is 1. The lowest BCUT2D eigenvalue weighted by Crippen LogP contribution is -2.42. The largest absolute Gasteiger partial charge is 0.396 e. The van der Waals surface area contributed by atoms with Crippen LogP contribution >= 0.6 is 11.6 Å². The third-order valence-corrected chi connectivity index (χ3v) is 3.22. The summed E-state index contributed by atoms with van der Waals surface area (Å²) in [5.41, 5.74) is 0.865. The number of hydrogen-bond donors (Lipinski definition) is 1. The summed E-state index contributed by atoms with van der Waals surface area (Å²) in [6.07, 6.45) is 0.702. The van der Waals surface area contributed by atoms with Crippen LogP contribution in [0.1, 0.15) is 12.0 Å². The van der Waals surface area contributed by atoms with Crippen LogP contribution in [0.15, 0.2) is 18.2 Å². The van der Waals surface area contributed by atoms with E-state index in [1.165, 1.54) is 12.1 Å². The van der Waals surface area contributed by atoms with Crippen molar-refractivity contribution in [2.24, 2.45) is 0 Å². The van der Waals surface area contributed by atoms with E-state index in [-0.39, 0.29) is 18.5 Å². The number of aliphatic hydroxyl groups is 1. The molecule has 0 unspecified atom stereocenters. The third kappa shape index (κ3) is 3.92. The molecule has 5 heteroatoms. The van der Waals surface area contributed by atoms with Crippen LogP contribution in [0.25, 0.3) is 0 Å². The Hall–Kier alpha value is -0.680. The Labute approximate surface area is 111 Å². The monoisotopic (exact) mass is 273 g/mol. The fourth-order valence-corrected chi connectivity index (χ4v) is 2.45. The first-order valence-electron chi connectivity index (χ1n) is 6.07. The van der Waals surface area contributed by atoms with E-state index in [4.69, 9.17) is 21.4 Å². The van der Waals surface area contributed by atoms with Crippen LogP contribution in [0.2, 0.25) is 5.02 Å². The molecule has 0 radical (unpaired) electrons. The van der Waals surface area contributed by atoms with E-state index in [2.05, 4.69) is 4.90 Å². The minimum Gasteiger partial charge on any atom is -0.396 e. The van der Waals surface area contributed by atoms with Crippen LogP contribution < -0.4 is 0 Å². The summed E-state index contributed by atoms with van der Waals surface area (Å²) in [5.74, 6) is -0.308. The number of aliphatic hydroxyl groups excluding tert-OH is 1. The van der Waals surface area contributed by atoms with E-state index in [0.717, 1.165) is 18.7 Å². The second kappa shape index (κ2) is 6.48. The lowest BCUT2D eigenvalue weighted by molar-refractivity contribution is -0.0407. The van der Waals surface area contributed by atoms with E-state index in [0.29, 0.717) is 24.6 Å². The number of rotatable bonds is 4. The Morgan fingerprint density at radius 3 is 3.00 bits per heavy atom. The van der Waals surface area contributed by atoms with Gasteiger partial charge in [0, 0.05) is 31.3 Å². The Morgan fingerprint density at radius 2 is 2.28 bits per heavy atom. The molecule has 1 fully saturated rings. The molecular formula is C13H17ClFNO2. The molecule has 0 aromatic heterocycles. The van der Waals surface area contributed by atoms with Crippen molar-refractivity contribution in [1.29, 1.82) is 0 Å².